The maximum Gasteiger partial charge on any atom is 0.335 e. The van der Waals surface area contributed by atoms with E-state index in [0.717, 1.165) is 26.8 Å². The van der Waals surface area contributed by atoms with Crippen molar-refractivity contribution < 1.29 is 23.9 Å². The van der Waals surface area contributed by atoms with Gasteiger partial charge in [-0.2, -0.15) is 0 Å². The number of benzene rings is 4. The van der Waals surface area contributed by atoms with Crippen LogP contribution in [0.25, 0.3) is 16.8 Å². The Hall–Kier alpha value is -4.62. The van der Waals surface area contributed by atoms with E-state index in [-0.39, 0.29) is 17.2 Å². The quantitative estimate of drug-likeness (QED) is 0.215. The molecule has 5 rings (SSSR count). The Balaban J connectivity index is 1.48. The number of amides is 4. The second kappa shape index (κ2) is 11.0. The van der Waals surface area contributed by atoms with Crippen molar-refractivity contribution in [2.45, 2.75) is 20.5 Å². The van der Waals surface area contributed by atoms with E-state index >= 15 is 0 Å². The Morgan fingerprint density at radius 3 is 2.44 bits per heavy atom. The number of carbonyl (C=O) groups is 3. The summed E-state index contributed by atoms with van der Waals surface area (Å²) >= 11 is 6.65. The fourth-order valence-electron chi connectivity index (χ4n) is 4.49. The average Bonchev–Trinajstić information content (AvgIpc) is 2.92. The van der Waals surface area contributed by atoms with Crippen molar-refractivity contribution in [3.05, 3.63) is 106 Å². The number of carbonyl (C=O) groups excluding carboxylic acids is 3. The fraction of sp³-hybridized carbons (Fsp3) is 0.129. The number of anilines is 1. The zero-order valence-corrected chi connectivity index (χ0v) is 22.1. The standard InChI is InChI=1S/C31H25ClN2O5/c1-3-38-27-17-20(15-24-29(35)33-31(37)34(30(24)36)22-10-5-4-6-11-22)16-26(32)28(27)39-18-25-19(2)13-14-21-9-7-8-12-23(21)25/h4-17H,3,18H2,1-2H3,(H,33,35,37)/b24-15+. The summed E-state index contributed by atoms with van der Waals surface area (Å²) in [6.07, 6.45) is 1.38. The highest BCUT2D eigenvalue weighted by Gasteiger charge is 2.36. The summed E-state index contributed by atoms with van der Waals surface area (Å²) in [5, 5.41) is 4.68. The molecular weight excluding hydrogens is 516 g/mol. The van der Waals surface area contributed by atoms with Gasteiger partial charge in [-0.15, -0.1) is 0 Å². The Kier molecular flexibility index (Phi) is 7.34. The zero-order valence-electron chi connectivity index (χ0n) is 21.4. The number of nitrogens with one attached hydrogen (secondary N) is 1. The van der Waals surface area contributed by atoms with Crippen LogP contribution in [0.1, 0.15) is 23.6 Å². The van der Waals surface area contributed by atoms with Gasteiger partial charge in [0.25, 0.3) is 11.8 Å². The molecule has 7 nitrogen and oxygen atoms in total. The molecular formula is C31H25ClN2O5. The van der Waals surface area contributed by atoms with Crippen LogP contribution in [-0.4, -0.2) is 24.5 Å². The van der Waals surface area contributed by atoms with Gasteiger partial charge in [-0.25, -0.2) is 9.69 Å². The minimum Gasteiger partial charge on any atom is -0.490 e. The van der Waals surface area contributed by atoms with Crippen molar-refractivity contribution in [3.63, 3.8) is 0 Å². The lowest BCUT2D eigenvalue weighted by molar-refractivity contribution is -0.122. The van der Waals surface area contributed by atoms with Crippen molar-refractivity contribution in [1.29, 1.82) is 0 Å². The molecule has 1 aliphatic rings. The third kappa shape index (κ3) is 5.22. The van der Waals surface area contributed by atoms with Gasteiger partial charge >= 0.3 is 6.03 Å². The van der Waals surface area contributed by atoms with Crippen molar-refractivity contribution in [2.24, 2.45) is 0 Å². The molecule has 4 aromatic rings. The summed E-state index contributed by atoms with van der Waals surface area (Å²) in [6, 6.07) is 23.0. The molecule has 0 unspecified atom stereocenters. The fourth-order valence-corrected chi connectivity index (χ4v) is 4.76. The lowest BCUT2D eigenvalue weighted by atomic mass is 10.0. The Labute approximate surface area is 230 Å². The van der Waals surface area contributed by atoms with Crippen LogP contribution in [0, 0.1) is 6.92 Å². The first-order valence-electron chi connectivity index (χ1n) is 12.4. The lowest BCUT2D eigenvalue weighted by Crippen LogP contribution is -2.54. The second-order valence-electron chi connectivity index (χ2n) is 8.93. The van der Waals surface area contributed by atoms with E-state index in [1.54, 1.807) is 42.5 Å². The number of aryl methyl sites for hydroxylation is 1. The highest BCUT2D eigenvalue weighted by Crippen LogP contribution is 2.39. The summed E-state index contributed by atoms with van der Waals surface area (Å²) in [5.74, 6) is -0.809. The molecule has 1 fully saturated rings. The predicted molar refractivity (Wildman–Crippen MR) is 151 cm³/mol. The molecule has 0 bridgehead atoms. The van der Waals surface area contributed by atoms with Gasteiger partial charge in [0.2, 0.25) is 0 Å². The summed E-state index contributed by atoms with van der Waals surface area (Å²) in [7, 11) is 0. The number of ether oxygens (including phenoxy) is 2. The van der Waals surface area contributed by atoms with Gasteiger partial charge in [-0.3, -0.25) is 14.9 Å². The molecule has 1 aliphatic heterocycles. The van der Waals surface area contributed by atoms with E-state index in [2.05, 4.69) is 23.5 Å². The van der Waals surface area contributed by atoms with Crippen molar-refractivity contribution in [3.8, 4) is 11.5 Å². The van der Waals surface area contributed by atoms with Crippen LogP contribution in [0.15, 0.2) is 84.4 Å². The lowest BCUT2D eigenvalue weighted by Gasteiger charge is -2.26. The van der Waals surface area contributed by atoms with Gasteiger partial charge in [-0.05, 0) is 66.1 Å². The molecule has 4 aromatic carbocycles. The molecule has 0 saturated carbocycles. The van der Waals surface area contributed by atoms with Crippen LogP contribution in [0.5, 0.6) is 11.5 Å². The van der Waals surface area contributed by atoms with Crippen molar-refractivity contribution in [1.82, 2.24) is 5.32 Å². The van der Waals surface area contributed by atoms with Crippen LogP contribution in [-0.2, 0) is 16.2 Å². The first kappa shape index (κ1) is 26.0. The highest BCUT2D eigenvalue weighted by molar-refractivity contribution is 6.39. The summed E-state index contributed by atoms with van der Waals surface area (Å²) in [4.78, 5) is 39.2. The first-order chi connectivity index (χ1) is 18.9. The molecule has 1 N–H and O–H groups in total. The topological polar surface area (TPSA) is 84.9 Å². The highest BCUT2D eigenvalue weighted by atomic mass is 35.5. The number of para-hydroxylation sites is 1. The van der Waals surface area contributed by atoms with E-state index in [1.165, 1.54) is 6.08 Å². The number of hydrogen-bond acceptors (Lipinski definition) is 5. The average molecular weight is 541 g/mol. The molecule has 0 spiro atoms. The smallest absolute Gasteiger partial charge is 0.335 e. The van der Waals surface area contributed by atoms with E-state index in [1.807, 2.05) is 32.0 Å². The molecule has 196 valence electrons. The molecule has 0 atom stereocenters. The van der Waals surface area contributed by atoms with Gasteiger partial charge in [0, 0.05) is 5.56 Å². The predicted octanol–water partition coefficient (Wildman–Crippen LogP) is 6.45. The number of imide groups is 2. The number of fused-ring (bicyclic) bond motifs is 1. The summed E-state index contributed by atoms with van der Waals surface area (Å²) in [5.41, 5.74) is 2.70. The van der Waals surface area contributed by atoms with Crippen LogP contribution >= 0.6 is 11.6 Å². The Bertz CT molecular complexity index is 1630. The molecule has 0 radical (unpaired) electrons. The summed E-state index contributed by atoms with van der Waals surface area (Å²) < 4.78 is 12.0. The molecule has 8 heteroatoms. The first-order valence-corrected chi connectivity index (χ1v) is 12.8. The van der Waals surface area contributed by atoms with E-state index in [0.29, 0.717) is 29.4 Å². The Morgan fingerprint density at radius 2 is 1.67 bits per heavy atom. The van der Waals surface area contributed by atoms with Crippen LogP contribution in [0.2, 0.25) is 5.02 Å². The number of nitrogens with zero attached hydrogens (tertiary/aromatic N) is 1. The molecule has 1 heterocycles. The number of rotatable bonds is 7. The zero-order chi connectivity index (χ0) is 27.5. The molecule has 39 heavy (non-hydrogen) atoms. The van der Waals surface area contributed by atoms with Crippen LogP contribution < -0.4 is 19.7 Å². The molecule has 4 amide bonds. The molecule has 0 aliphatic carbocycles. The SMILES string of the molecule is CCOc1cc(/C=C2\C(=O)NC(=O)N(c3ccccc3)C2=O)cc(Cl)c1OCc1c(C)ccc2ccccc12. The van der Waals surface area contributed by atoms with Crippen molar-refractivity contribution in [2.75, 3.05) is 11.5 Å². The Morgan fingerprint density at radius 1 is 0.923 bits per heavy atom. The number of barbiturate groups is 1. The monoisotopic (exact) mass is 540 g/mol. The van der Waals surface area contributed by atoms with E-state index < -0.39 is 17.8 Å². The second-order valence-corrected chi connectivity index (χ2v) is 9.33. The minimum atomic E-state index is -0.811. The maximum absolute atomic E-state index is 13.2. The third-order valence-electron chi connectivity index (χ3n) is 6.39. The van der Waals surface area contributed by atoms with Gasteiger partial charge < -0.3 is 9.47 Å². The van der Waals surface area contributed by atoms with Crippen LogP contribution in [0.4, 0.5) is 10.5 Å². The van der Waals surface area contributed by atoms with Crippen LogP contribution in [0.3, 0.4) is 0 Å². The number of urea groups is 1. The maximum atomic E-state index is 13.2. The van der Waals surface area contributed by atoms with E-state index in [9.17, 15) is 14.4 Å². The van der Waals surface area contributed by atoms with Gasteiger partial charge in [0.15, 0.2) is 11.5 Å². The largest absolute Gasteiger partial charge is 0.490 e. The van der Waals surface area contributed by atoms with E-state index in [4.69, 9.17) is 21.1 Å². The van der Waals surface area contributed by atoms with Gasteiger partial charge in [0.1, 0.15) is 12.2 Å². The normalized spacial score (nSPS) is 14.6. The van der Waals surface area contributed by atoms with Gasteiger partial charge in [0.05, 0.1) is 17.3 Å². The summed E-state index contributed by atoms with van der Waals surface area (Å²) in [6.45, 7) is 4.47. The number of halogens is 1. The van der Waals surface area contributed by atoms with Gasteiger partial charge in [-0.1, -0.05) is 66.2 Å². The third-order valence-corrected chi connectivity index (χ3v) is 6.68. The molecule has 1 saturated heterocycles. The number of hydrogen-bond donors (Lipinski definition) is 1. The van der Waals surface area contributed by atoms with Crippen molar-refractivity contribution >= 4 is 52.0 Å². The minimum absolute atomic E-state index is 0.211. The molecule has 0 aromatic heterocycles.